The van der Waals surface area contributed by atoms with Crippen molar-refractivity contribution >= 4 is 17.6 Å². The van der Waals surface area contributed by atoms with Crippen LogP contribution >= 0.6 is 0 Å². The Morgan fingerprint density at radius 2 is 2.19 bits per heavy atom. The topological polar surface area (TPSA) is 77.0 Å². The van der Waals surface area contributed by atoms with E-state index in [0.717, 1.165) is 25.2 Å². The number of aliphatic hydroxyl groups is 1. The van der Waals surface area contributed by atoms with Crippen LogP contribution < -0.4 is 10.6 Å². The number of para-hydroxylation sites is 1. The summed E-state index contributed by atoms with van der Waals surface area (Å²) in [6.45, 7) is 4.08. The molecule has 0 spiro atoms. The quantitative estimate of drug-likeness (QED) is 0.562. The zero-order valence-electron chi connectivity index (χ0n) is 12.2. The molecular weight excluding hydrogens is 268 g/mol. The number of likely N-dealkylation sites (tertiary alicyclic amines) is 1. The molecule has 1 fully saturated rings. The van der Waals surface area contributed by atoms with Gasteiger partial charge in [0.15, 0.2) is 5.96 Å². The second kappa shape index (κ2) is 7.64. The number of hydrogen-bond acceptors (Lipinski definition) is 3. The normalized spacial score (nSPS) is 18.7. The van der Waals surface area contributed by atoms with Gasteiger partial charge in [-0.3, -0.25) is 4.79 Å². The first-order valence-electron chi connectivity index (χ1n) is 7.25. The summed E-state index contributed by atoms with van der Waals surface area (Å²) in [6.07, 6.45) is 0.424. The lowest BCUT2D eigenvalue weighted by Crippen LogP contribution is -2.41. The fourth-order valence-electron chi connectivity index (χ4n) is 2.23. The molecule has 1 aliphatic heterocycles. The van der Waals surface area contributed by atoms with Crippen LogP contribution in [0.1, 0.15) is 13.3 Å². The summed E-state index contributed by atoms with van der Waals surface area (Å²) in [7, 11) is 0. The van der Waals surface area contributed by atoms with E-state index in [-0.39, 0.29) is 18.6 Å². The minimum absolute atomic E-state index is 0.0593. The molecule has 1 aromatic carbocycles. The number of carbonyl (C=O) groups is 1. The number of hydrogen-bond donors (Lipinski definition) is 3. The van der Waals surface area contributed by atoms with Gasteiger partial charge in [0.05, 0.1) is 6.10 Å². The Labute approximate surface area is 124 Å². The molecule has 3 N–H and O–H groups in total. The van der Waals surface area contributed by atoms with Crippen molar-refractivity contribution in [1.82, 2.24) is 10.2 Å². The molecule has 0 aromatic heterocycles. The minimum Gasteiger partial charge on any atom is -0.391 e. The predicted octanol–water partition coefficient (Wildman–Crippen LogP) is 0.657. The third-order valence-electron chi connectivity index (χ3n) is 3.23. The Hall–Kier alpha value is -2.08. The van der Waals surface area contributed by atoms with Crippen molar-refractivity contribution in [2.45, 2.75) is 19.4 Å². The Morgan fingerprint density at radius 3 is 2.81 bits per heavy atom. The number of amides is 1. The number of benzene rings is 1. The molecule has 1 amide bonds. The molecule has 6 heteroatoms. The summed E-state index contributed by atoms with van der Waals surface area (Å²) in [4.78, 5) is 18.2. The Balaban J connectivity index is 1.91. The van der Waals surface area contributed by atoms with Crippen molar-refractivity contribution in [2.24, 2.45) is 4.99 Å². The lowest BCUT2D eigenvalue weighted by Gasteiger charge is -2.20. The summed E-state index contributed by atoms with van der Waals surface area (Å²) in [5.74, 6) is 0.522. The summed E-state index contributed by atoms with van der Waals surface area (Å²) in [6, 6.07) is 9.31. The number of β-amino-alcohol motifs (C(OH)–C–C–N with tert-alkyl or cyclic N) is 1. The van der Waals surface area contributed by atoms with Gasteiger partial charge in [-0.25, -0.2) is 4.99 Å². The standard InChI is InChI=1S/C15H22N4O2/c1-2-16-15(19-9-8-13(20)11-19)17-10-14(21)18-12-6-4-3-5-7-12/h3-7,13,20H,2,8-11H2,1H3,(H,16,17)(H,18,21)/t13-/m1/s1. The Bertz CT molecular complexity index is 490. The molecular formula is C15H22N4O2. The van der Waals surface area contributed by atoms with Gasteiger partial charge in [0.25, 0.3) is 0 Å². The van der Waals surface area contributed by atoms with Crippen LogP contribution in [0.4, 0.5) is 5.69 Å². The molecule has 1 atom stereocenters. The third kappa shape index (κ3) is 4.75. The van der Waals surface area contributed by atoms with Crippen molar-refractivity contribution in [2.75, 3.05) is 31.5 Å². The highest BCUT2D eigenvalue weighted by Gasteiger charge is 2.22. The lowest BCUT2D eigenvalue weighted by molar-refractivity contribution is -0.114. The second-order valence-corrected chi connectivity index (χ2v) is 4.97. The molecule has 21 heavy (non-hydrogen) atoms. The van der Waals surface area contributed by atoms with Crippen LogP contribution in [0.25, 0.3) is 0 Å². The number of carbonyl (C=O) groups excluding carboxylic acids is 1. The van der Waals surface area contributed by atoms with E-state index >= 15 is 0 Å². The van der Waals surface area contributed by atoms with Gasteiger partial charge < -0.3 is 20.6 Å². The molecule has 0 saturated carbocycles. The van der Waals surface area contributed by atoms with E-state index < -0.39 is 0 Å². The van der Waals surface area contributed by atoms with Crippen molar-refractivity contribution < 1.29 is 9.90 Å². The van der Waals surface area contributed by atoms with Crippen LogP contribution in [0.15, 0.2) is 35.3 Å². The van der Waals surface area contributed by atoms with Gasteiger partial charge >= 0.3 is 0 Å². The van der Waals surface area contributed by atoms with Gasteiger partial charge in [0, 0.05) is 25.3 Å². The van der Waals surface area contributed by atoms with Crippen LogP contribution in [0.2, 0.25) is 0 Å². The van der Waals surface area contributed by atoms with Gasteiger partial charge in [-0.2, -0.15) is 0 Å². The number of nitrogens with zero attached hydrogens (tertiary/aromatic N) is 2. The van der Waals surface area contributed by atoms with Gasteiger partial charge in [0.1, 0.15) is 6.54 Å². The average Bonchev–Trinajstić information content (AvgIpc) is 2.91. The summed E-state index contributed by atoms with van der Waals surface area (Å²) < 4.78 is 0. The fraction of sp³-hybridized carbons (Fsp3) is 0.467. The number of nitrogens with one attached hydrogen (secondary N) is 2. The zero-order chi connectivity index (χ0) is 15.1. The van der Waals surface area contributed by atoms with Crippen molar-refractivity contribution in [3.63, 3.8) is 0 Å². The van der Waals surface area contributed by atoms with E-state index in [9.17, 15) is 9.90 Å². The van der Waals surface area contributed by atoms with Crippen LogP contribution in [0.5, 0.6) is 0 Å². The van der Waals surface area contributed by atoms with Gasteiger partial charge in [-0.05, 0) is 25.5 Å². The van der Waals surface area contributed by atoms with Crippen LogP contribution in [-0.2, 0) is 4.79 Å². The largest absolute Gasteiger partial charge is 0.391 e. The first kappa shape index (κ1) is 15.3. The van der Waals surface area contributed by atoms with Gasteiger partial charge in [0.2, 0.25) is 5.91 Å². The third-order valence-corrected chi connectivity index (χ3v) is 3.23. The molecule has 0 radical (unpaired) electrons. The Morgan fingerprint density at radius 1 is 1.43 bits per heavy atom. The van der Waals surface area contributed by atoms with E-state index in [1.165, 1.54) is 0 Å². The number of rotatable bonds is 4. The number of aliphatic imine (C=N–C) groups is 1. The number of anilines is 1. The molecule has 0 aliphatic carbocycles. The summed E-state index contributed by atoms with van der Waals surface area (Å²) >= 11 is 0. The lowest BCUT2D eigenvalue weighted by atomic mass is 10.3. The maximum atomic E-state index is 11.9. The average molecular weight is 290 g/mol. The maximum Gasteiger partial charge on any atom is 0.246 e. The zero-order valence-corrected chi connectivity index (χ0v) is 12.2. The molecule has 1 heterocycles. The first-order chi connectivity index (χ1) is 10.2. The van der Waals surface area contributed by atoms with E-state index in [4.69, 9.17) is 0 Å². The minimum atomic E-state index is -0.313. The highest BCUT2D eigenvalue weighted by molar-refractivity contribution is 5.94. The smallest absolute Gasteiger partial charge is 0.246 e. The highest BCUT2D eigenvalue weighted by atomic mass is 16.3. The monoisotopic (exact) mass is 290 g/mol. The van der Waals surface area contributed by atoms with Crippen molar-refractivity contribution in [3.8, 4) is 0 Å². The maximum absolute atomic E-state index is 11.9. The first-order valence-corrected chi connectivity index (χ1v) is 7.25. The van der Waals surface area contributed by atoms with E-state index in [0.29, 0.717) is 12.5 Å². The highest BCUT2D eigenvalue weighted by Crippen LogP contribution is 2.09. The fourth-order valence-corrected chi connectivity index (χ4v) is 2.23. The molecule has 0 unspecified atom stereocenters. The van der Waals surface area contributed by atoms with Crippen LogP contribution in [0, 0.1) is 0 Å². The van der Waals surface area contributed by atoms with Gasteiger partial charge in [-0.15, -0.1) is 0 Å². The summed E-state index contributed by atoms with van der Waals surface area (Å²) in [5, 5.41) is 15.5. The molecule has 1 aliphatic rings. The molecule has 114 valence electrons. The van der Waals surface area contributed by atoms with E-state index in [1.807, 2.05) is 42.2 Å². The predicted molar refractivity (Wildman–Crippen MR) is 83.2 cm³/mol. The van der Waals surface area contributed by atoms with Crippen LogP contribution in [-0.4, -0.2) is 54.2 Å². The SMILES string of the molecule is CCNC(=NCC(=O)Nc1ccccc1)N1CC[C@@H](O)C1. The molecule has 1 aromatic rings. The number of aliphatic hydroxyl groups excluding tert-OH is 1. The second-order valence-electron chi connectivity index (χ2n) is 4.97. The van der Waals surface area contributed by atoms with E-state index in [1.54, 1.807) is 0 Å². The molecule has 0 bridgehead atoms. The van der Waals surface area contributed by atoms with Crippen molar-refractivity contribution in [1.29, 1.82) is 0 Å². The molecule has 2 rings (SSSR count). The summed E-state index contributed by atoms with van der Waals surface area (Å²) in [5.41, 5.74) is 0.763. The van der Waals surface area contributed by atoms with Gasteiger partial charge in [-0.1, -0.05) is 18.2 Å². The van der Waals surface area contributed by atoms with Crippen LogP contribution in [0.3, 0.4) is 0 Å². The number of guanidine groups is 1. The van der Waals surface area contributed by atoms with E-state index in [2.05, 4.69) is 15.6 Å². The molecule has 1 saturated heterocycles. The Kier molecular flexibility index (Phi) is 5.57. The van der Waals surface area contributed by atoms with Crippen molar-refractivity contribution in [3.05, 3.63) is 30.3 Å². The molecule has 6 nitrogen and oxygen atoms in total.